The van der Waals surface area contributed by atoms with E-state index >= 15 is 0 Å². The Morgan fingerprint density at radius 2 is 1.65 bits per heavy atom. The molecular weight excluding hydrogens is 218 g/mol. The largest absolute Gasteiger partial charge is 0.354 e. The molecule has 7 heteroatoms. The first-order valence-corrected chi connectivity index (χ1v) is 5.64. The second-order valence-corrected chi connectivity index (χ2v) is 4.11. The van der Waals surface area contributed by atoms with Crippen molar-refractivity contribution >= 4 is 17.8 Å². The van der Waals surface area contributed by atoms with Gasteiger partial charge < -0.3 is 10.2 Å². The van der Waals surface area contributed by atoms with Crippen LogP contribution in [0.4, 0.5) is 17.8 Å². The topological polar surface area (TPSA) is 69.2 Å². The molecule has 0 fully saturated rings. The molecule has 2 N–H and O–H groups in total. The van der Waals surface area contributed by atoms with Crippen molar-refractivity contribution in [3.63, 3.8) is 0 Å². The van der Waals surface area contributed by atoms with Crippen LogP contribution in [0.15, 0.2) is 0 Å². The molecule has 0 aliphatic rings. The molecule has 17 heavy (non-hydrogen) atoms. The summed E-state index contributed by atoms with van der Waals surface area (Å²) in [5.74, 6) is 1.75. The quantitative estimate of drug-likeness (QED) is 0.706. The molecule has 0 aromatic carbocycles. The van der Waals surface area contributed by atoms with E-state index in [2.05, 4.69) is 32.6 Å². The average Bonchev–Trinajstić information content (AvgIpc) is 2.25. The number of hydrazine groups is 1. The van der Waals surface area contributed by atoms with Crippen LogP contribution >= 0.6 is 0 Å². The molecule has 0 amide bonds. The van der Waals surface area contributed by atoms with Crippen LogP contribution < -0.4 is 15.6 Å². The van der Waals surface area contributed by atoms with Crippen molar-refractivity contribution in [3.8, 4) is 0 Å². The minimum absolute atomic E-state index is 0.535. The Hall–Kier alpha value is -1.63. The van der Waals surface area contributed by atoms with Crippen LogP contribution in [-0.4, -0.2) is 54.7 Å². The zero-order chi connectivity index (χ0) is 12.8. The molecule has 0 radical (unpaired) electrons. The third-order valence-electron chi connectivity index (χ3n) is 1.88. The fourth-order valence-electron chi connectivity index (χ4n) is 1.13. The predicted octanol–water partition coefficient (Wildman–Crippen LogP) is 0.648. The van der Waals surface area contributed by atoms with Crippen molar-refractivity contribution in [2.75, 3.05) is 50.4 Å². The Bertz CT molecular complexity index is 351. The molecule has 0 spiro atoms. The van der Waals surface area contributed by atoms with E-state index in [1.807, 2.05) is 33.1 Å². The Labute approximate surface area is 102 Å². The minimum Gasteiger partial charge on any atom is -0.354 e. The summed E-state index contributed by atoms with van der Waals surface area (Å²) in [6.45, 7) is 2.94. The lowest BCUT2D eigenvalue weighted by Gasteiger charge is -2.16. The molecule has 0 atom stereocenters. The molecule has 0 saturated carbocycles. The summed E-state index contributed by atoms with van der Waals surface area (Å²) in [7, 11) is 7.58. The van der Waals surface area contributed by atoms with Gasteiger partial charge in [0, 0.05) is 34.7 Å². The van der Waals surface area contributed by atoms with Gasteiger partial charge in [-0.1, -0.05) is 6.92 Å². The van der Waals surface area contributed by atoms with E-state index in [0.717, 1.165) is 13.0 Å². The van der Waals surface area contributed by atoms with Crippen LogP contribution in [0.5, 0.6) is 0 Å². The lowest BCUT2D eigenvalue weighted by molar-refractivity contribution is 0.488. The van der Waals surface area contributed by atoms with E-state index < -0.39 is 0 Å². The normalized spacial score (nSPS) is 10.5. The van der Waals surface area contributed by atoms with Crippen molar-refractivity contribution in [3.05, 3.63) is 0 Å². The zero-order valence-corrected chi connectivity index (χ0v) is 11.2. The van der Waals surface area contributed by atoms with Gasteiger partial charge in [-0.3, -0.25) is 5.43 Å². The van der Waals surface area contributed by atoms with E-state index in [1.54, 1.807) is 5.01 Å². The van der Waals surface area contributed by atoms with E-state index in [9.17, 15) is 0 Å². The average molecular weight is 239 g/mol. The van der Waals surface area contributed by atoms with Crippen molar-refractivity contribution in [2.24, 2.45) is 0 Å². The summed E-state index contributed by atoms with van der Waals surface area (Å²) in [4.78, 5) is 14.7. The summed E-state index contributed by atoms with van der Waals surface area (Å²) in [6, 6.07) is 0. The number of nitrogens with one attached hydrogen (secondary N) is 2. The summed E-state index contributed by atoms with van der Waals surface area (Å²) >= 11 is 0. The van der Waals surface area contributed by atoms with Gasteiger partial charge >= 0.3 is 0 Å². The smallest absolute Gasteiger partial charge is 0.244 e. The van der Waals surface area contributed by atoms with Crippen LogP contribution in [0.25, 0.3) is 0 Å². The van der Waals surface area contributed by atoms with Crippen molar-refractivity contribution < 1.29 is 0 Å². The van der Waals surface area contributed by atoms with Gasteiger partial charge in [-0.05, 0) is 6.42 Å². The Morgan fingerprint density at radius 1 is 1.00 bits per heavy atom. The highest BCUT2D eigenvalue weighted by atomic mass is 15.5. The first kappa shape index (κ1) is 13.4. The second-order valence-electron chi connectivity index (χ2n) is 4.11. The number of hydrogen-bond donors (Lipinski definition) is 2. The van der Waals surface area contributed by atoms with Crippen molar-refractivity contribution in [2.45, 2.75) is 13.3 Å². The van der Waals surface area contributed by atoms with Gasteiger partial charge in [0.05, 0.1) is 0 Å². The summed E-state index contributed by atoms with van der Waals surface area (Å²) in [6.07, 6.45) is 1.03. The standard InChI is InChI=1S/C10H21N7/c1-6-7-11-8-12-9(15-17(4)5)14-10(13-8)16(2)3/h6-7H2,1-5H3,(H2,11,12,13,14,15). The molecule has 96 valence electrons. The monoisotopic (exact) mass is 239 g/mol. The summed E-state index contributed by atoms with van der Waals surface area (Å²) in [5, 5.41) is 4.95. The van der Waals surface area contributed by atoms with Crippen LogP contribution in [0.1, 0.15) is 13.3 Å². The van der Waals surface area contributed by atoms with E-state index in [4.69, 9.17) is 0 Å². The molecule has 0 saturated heterocycles. The Morgan fingerprint density at radius 3 is 2.18 bits per heavy atom. The summed E-state index contributed by atoms with van der Waals surface area (Å²) < 4.78 is 0. The number of aromatic nitrogens is 3. The number of anilines is 3. The third kappa shape index (κ3) is 4.39. The number of nitrogens with zero attached hydrogens (tertiary/aromatic N) is 5. The van der Waals surface area contributed by atoms with Gasteiger partial charge in [-0.15, -0.1) is 0 Å². The molecule has 1 aromatic rings. The van der Waals surface area contributed by atoms with Gasteiger partial charge in [0.15, 0.2) is 0 Å². The van der Waals surface area contributed by atoms with Gasteiger partial charge in [0.25, 0.3) is 0 Å². The highest BCUT2D eigenvalue weighted by Gasteiger charge is 2.07. The number of hydrogen-bond acceptors (Lipinski definition) is 7. The maximum atomic E-state index is 4.31. The summed E-state index contributed by atoms with van der Waals surface area (Å²) in [5.41, 5.74) is 3.02. The fraction of sp³-hybridized carbons (Fsp3) is 0.700. The number of rotatable bonds is 6. The Kier molecular flexibility index (Phi) is 4.89. The molecule has 1 aromatic heterocycles. The van der Waals surface area contributed by atoms with Crippen LogP contribution in [0, 0.1) is 0 Å². The predicted molar refractivity (Wildman–Crippen MR) is 70.2 cm³/mol. The maximum Gasteiger partial charge on any atom is 0.244 e. The van der Waals surface area contributed by atoms with Crippen LogP contribution in [-0.2, 0) is 0 Å². The maximum absolute atomic E-state index is 4.31. The van der Waals surface area contributed by atoms with Gasteiger partial charge in [-0.25, -0.2) is 5.01 Å². The van der Waals surface area contributed by atoms with Crippen molar-refractivity contribution in [1.29, 1.82) is 0 Å². The molecule has 0 aliphatic carbocycles. The first-order chi connectivity index (χ1) is 8.02. The minimum atomic E-state index is 0.535. The highest BCUT2D eigenvalue weighted by molar-refractivity contribution is 5.42. The lowest BCUT2D eigenvalue weighted by atomic mass is 10.5. The van der Waals surface area contributed by atoms with Crippen molar-refractivity contribution in [1.82, 2.24) is 20.0 Å². The Balaban J connectivity index is 2.92. The van der Waals surface area contributed by atoms with Crippen LogP contribution in [0.2, 0.25) is 0 Å². The highest BCUT2D eigenvalue weighted by Crippen LogP contribution is 2.11. The molecule has 0 aliphatic heterocycles. The lowest BCUT2D eigenvalue weighted by Crippen LogP contribution is -2.23. The van der Waals surface area contributed by atoms with E-state index in [-0.39, 0.29) is 0 Å². The van der Waals surface area contributed by atoms with E-state index in [0.29, 0.717) is 17.8 Å². The third-order valence-corrected chi connectivity index (χ3v) is 1.88. The SMILES string of the molecule is CCCNc1nc(NN(C)C)nc(N(C)C)n1. The molecule has 1 heterocycles. The van der Waals surface area contributed by atoms with Crippen LogP contribution in [0.3, 0.4) is 0 Å². The molecule has 1 rings (SSSR count). The second kappa shape index (κ2) is 6.19. The first-order valence-electron chi connectivity index (χ1n) is 5.64. The van der Waals surface area contributed by atoms with E-state index in [1.165, 1.54) is 0 Å². The molecule has 7 nitrogen and oxygen atoms in total. The molecule has 0 bridgehead atoms. The fourth-order valence-corrected chi connectivity index (χ4v) is 1.13. The zero-order valence-electron chi connectivity index (χ0n) is 11.2. The van der Waals surface area contributed by atoms with Gasteiger partial charge in [-0.2, -0.15) is 15.0 Å². The van der Waals surface area contributed by atoms with Gasteiger partial charge in [0.2, 0.25) is 17.8 Å². The van der Waals surface area contributed by atoms with Gasteiger partial charge in [0.1, 0.15) is 0 Å². The molecule has 0 unspecified atom stereocenters. The molecular formula is C10H21N7.